The number of nitrogens with two attached hydrogens (primary N) is 1. The molecule has 0 aromatic heterocycles. The summed E-state index contributed by atoms with van der Waals surface area (Å²) >= 11 is 0. The molecule has 0 aliphatic carbocycles. The van der Waals surface area contributed by atoms with E-state index in [1.807, 2.05) is 45.0 Å². The zero-order chi connectivity index (χ0) is 15.9. The van der Waals surface area contributed by atoms with Gasteiger partial charge in [0.25, 0.3) is 0 Å². The molecule has 1 rings (SSSR count). The van der Waals surface area contributed by atoms with Gasteiger partial charge in [0.2, 0.25) is 0 Å². The molecule has 21 heavy (non-hydrogen) atoms. The van der Waals surface area contributed by atoms with Crippen LogP contribution in [0.15, 0.2) is 24.3 Å². The second kappa shape index (κ2) is 8.03. The summed E-state index contributed by atoms with van der Waals surface area (Å²) in [5.41, 5.74) is 6.27. The van der Waals surface area contributed by atoms with Crippen LogP contribution in [0.3, 0.4) is 0 Å². The van der Waals surface area contributed by atoms with Gasteiger partial charge in [-0.2, -0.15) is 0 Å². The first kappa shape index (κ1) is 17.5. The van der Waals surface area contributed by atoms with Gasteiger partial charge in [-0.3, -0.25) is 4.79 Å². The second-order valence-electron chi connectivity index (χ2n) is 6.17. The van der Waals surface area contributed by atoms with E-state index < -0.39 is 5.60 Å². The van der Waals surface area contributed by atoms with Crippen molar-refractivity contribution in [2.75, 3.05) is 13.2 Å². The molecule has 118 valence electrons. The Morgan fingerprint density at radius 1 is 1.33 bits per heavy atom. The number of carbonyl (C=O) groups excluding carboxylic acids is 1. The molecule has 0 spiro atoms. The Morgan fingerprint density at radius 3 is 2.62 bits per heavy atom. The van der Waals surface area contributed by atoms with E-state index in [2.05, 4.69) is 6.92 Å². The molecule has 0 heterocycles. The minimum absolute atomic E-state index is 0.245. The average molecular weight is 293 g/mol. The van der Waals surface area contributed by atoms with Gasteiger partial charge < -0.3 is 15.2 Å². The van der Waals surface area contributed by atoms with Crippen molar-refractivity contribution in [3.8, 4) is 5.75 Å². The maximum Gasteiger partial charge on any atom is 0.311 e. The van der Waals surface area contributed by atoms with Crippen LogP contribution >= 0.6 is 0 Å². The van der Waals surface area contributed by atoms with Gasteiger partial charge in [0.1, 0.15) is 11.4 Å². The Labute approximate surface area is 127 Å². The molecule has 1 aromatic carbocycles. The van der Waals surface area contributed by atoms with Crippen molar-refractivity contribution in [2.24, 2.45) is 11.7 Å². The van der Waals surface area contributed by atoms with Crippen LogP contribution in [0.1, 0.15) is 39.7 Å². The Kier molecular flexibility index (Phi) is 6.69. The maximum absolute atomic E-state index is 12.1. The van der Waals surface area contributed by atoms with Crippen molar-refractivity contribution >= 4 is 5.97 Å². The Hall–Kier alpha value is -1.55. The molecular formula is C17H27NO3. The van der Waals surface area contributed by atoms with Crippen LogP contribution in [-0.2, 0) is 16.0 Å². The van der Waals surface area contributed by atoms with Gasteiger partial charge in [-0.05, 0) is 51.3 Å². The van der Waals surface area contributed by atoms with Crippen LogP contribution < -0.4 is 10.5 Å². The van der Waals surface area contributed by atoms with E-state index in [1.54, 1.807) is 0 Å². The van der Waals surface area contributed by atoms with Crippen LogP contribution in [0.4, 0.5) is 0 Å². The standard InChI is InChI=1S/C17H27NO3/c1-5-9-20-15-8-6-7-13(11-15)10-14(12-18)16(19)21-17(2,3)4/h6-8,11,14H,5,9-10,12,18H2,1-4H3. The fourth-order valence-electron chi connectivity index (χ4n) is 1.91. The van der Waals surface area contributed by atoms with Gasteiger partial charge in [0.05, 0.1) is 12.5 Å². The molecule has 0 aliphatic rings. The molecule has 1 unspecified atom stereocenters. The summed E-state index contributed by atoms with van der Waals surface area (Å²) in [5.74, 6) is 0.254. The smallest absolute Gasteiger partial charge is 0.311 e. The van der Waals surface area contributed by atoms with E-state index in [0.29, 0.717) is 13.0 Å². The van der Waals surface area contributed by atoms with Gasteiger partial charge in [0.15, 0.2) is 0 Å². The van der Waals surface area contributed by atoms with Crippen LogP contribution in [0.5, 0.6) is 5.75 Å². The fraction of sp³-hybridized carbons (Fsp3) is 0.588. The Balaban J connectivity index is 2.70. The van der Waals surface area contributed by atoms with E-state index in [1.165, 1.54) is 0 Å². The summed E-state index contributed by atoms with van der Waals surface area (Å²) in [6.45, 7) is 8.61. The topological polar surface area (TPSA) is 61.5 Å². The van der Waals surface area contributed by atoms with Gasteiger partial charge in [0, 0.05) is 6.54 Å². The Bertz CT molecular complexity index is 452. The largest absolute Gasteiger partial charge is 0.494 e. The third-order valence-corrected chi connectivity index (χ3v) is 2.88. The zero-order valence-electron chi connectivity index (χ0n) is 13.5. The molecular weight excluding hydrogens is 266 g/mol. The summed E-state index contributed by atoms with van der Waals surface area (Å²) in [6.07, 6.45) is 1.53. The highest BCUT2D eigenvalue weighted by Gasteiger charge is 2.24. The number of rotatable bonds is 7. The van der Waals surface area contributed by atoms with Crippen molar-refractivity contribution in [1.82, 2.24) is 0 Å². The van der Waals surface area contributed by atoms with Crippen LogP contribution in [0.2, 0.25) is 0 Å². The number of carbonyl (C=O) groups is 1. The van der Waals surface area contributed by atoms with Crippen molar-refractivity contribution in [2.45, 2.75) is 46.1 Å². The molecule has 1 aromatic rings. The number of hydrogen-bond acceptors (Lipinski definition) is 4. The lowest BCUT2D eigenvalue weighted by atomic mass is 9.99. The second-order valence-corrected chi connectivity index (χ2v) is 6.17. The van der Waals surface area contributed by atoms with Gasteiger partial charge in [-0.25, -0.2) is 0 Å². The highest BCUT2D eigenvalue weighted by molar-refractivity contribution is 5.73. The molecule has 0 amide bonds. The quantitative estimate of drug-likeness (QED) is 0.785. The molecule has 2 N–H and O–H groups in total. The maximum atomic E-state index is 12.1. The third-order valence-electron chi connectivity index (χ3n) is 2.88. The van der Waals surface area contributed by atoms with Gasteiger partial charge in [-0.1, -0.05) is 19.1 Å². The summed E-state index contributed by atoms with van der Waals surface area (Å²) in [4.78, 5) is 12.1. The first-order valence-electron chi connectivity index (χ1n) is 7.50. The van der Waals surface area contributed by atoms with Crippen molar-refractivity contribution in [1.29, 1.82) is 0 Å². The minimum atomic E-state index is -0.489. The summed E-state index contributed by atoms with van der Waals surface area (Å²) in [6, 6.07) is 7.79. The molecule has 0 fully saturated rings. The van der Waals surface area contributed by atoms with Crippen molar-refractivity contribution in [3.05, 3.63) is 29.8 Å². The van der Waals surface area contributed by atoms with E-state index >= 15 is 0 Å². The van der Waals surface area contributed by atoms with Crippen molar-refractivity contribution in [3.63, 3.8) is 0 Å². The van der Waals surface area contributed by atoms with Crippen LogP contribution in [0.25, 0.3) is 0 Å². The van der Waals surface area contributed by atoms with Crippen LogP contribution in [-0.4, -0.2) is 24.7 Å². The molecule has 4 nitrogen and oxygen atoms in total. The van der Waals surface area contributed by atoms with E-state index in [4.69, 9.17) is 15.2 Å². The first-order valence-corrected chi connectivity index (χ1v) is 7.50. The Morgan fingerprint density at radius 2 is 2.05 bits per heavy atom. The predicted molar refractivity (Wildman–Crippen MR) is 84.3 cm³/mol. The third kappa shape index (κ3) is 6.63. The van der Waals surface area contributed by atoms with Gasteiger partial charge in [-0.15, -0.1) is 0 Å². The van der Waals surface area contributed by atoms with E-state index in [-0.39, 0.29) is 18.4 Å². The fourth-order valence-corrected chi connectivity index (χ4v) is 1.91. The average Bonchev–Trinajstić information content (AvgIpc) is 2.41. The molecule has 0 saturated heterocycles. The summed E-state index contributed by atoms with van der Waals surface area (Å²) < 4.78 is 11.0. The summed E-state index contributed by atoms with van der Waals surface area (Å²) in [7, 11) is 0. The molecule has 4 heteroatoms. The monoisotopic (exact) mass is 293 g/mol. The highest BCUT2D eigenvalue weighted by Crippen LogP contribution is 2.19. The minimum Gasteiger partial charge on any atom is -0.494 e. The lowest BCUT2D eigenvalue weighted by Gasteiger charge is -2.23. The summed E-state index contributed by atoms with van der Waals surface area (Å²) in [5, 5.41) is 0. The molecule has 0 bridgehead atoms. The van der Waals surface area contributed by atoms with E-state index in [0.717, 1.165) is 17.7 Å². The van der Waals surface area contributed by atoms with Gasteiger partial charge >= 0.3 is 5.97 Å². The molecule has 0 saturated carbocycles. The van der Waals surface area contributed by atoms with E-state index in [9.17, 15) is 4.79 Å². The SMILES string of the molecule is CCCOc1cccc(CC(CN)C(=O)OC(C)(C)C)c1. The molecule has 0 aliphatic heterocycles. The number of ether oxygens (including phenoxy) is 2. The molecule has 0 radical (unpaired) electrons. The first-order chi connectivity index (χ1) is 9.85. The lowest BCUT2D eigenvalue weighted by molar-refractivity contribution is -0.159. The number of esters is 1. The number of benzene rings is 1. The number of hydrogen-bond donors (Lipinski definition) is 1. The zero-order valence-corrected chi connectivity index (χ0v) is 13.5. The van der Waals surface area contributed by atoms with Crippen LogP contribution in [0, 0.1) is 5.92 Å². The lowest BCUT2D eigenvalue weighted by Crippen LogP contribution is -2.33. The predicted octanol–water partition coefficient (Wildman–Crippen LogP) is 2.93. The highest BCUT2D eigenvalue weighted by atomic mass is 16.6. The normalized spacial score (nSPS) is 12.8. The molecule has 1 atom stereocenters. The van der Waals surface area contributed by atoms with Crippen molar-refractivity contribution < 1.29 is 14.3 Å².